The standard InChI is InChI=1S/C10H5Br4N3O2S/c11-5-1-2-6(12)7(3-5)20(18,19)17-10-9(14)16-8(13)4-15-10/h1-4H,(H,15,17). The molecule has 0 radical (unpaired) electrons. The lowest BCUT2D eigenvalue weighted by Gasteiger charge is -2.10. The molecule has 0 bridgehead atoms. The zero-order valence-electron chi connectivity index (χ0n) is 9.44. The van der Waals surface area contributed by atoms with Crippen LogP contribution in [-0.4, -0.2) is 18.4 Å². The van der Waals surface area contributed by atoms with Crippen molar-refractivity contribution in [3.05, 3.63) is 42.5 Å². The highest BCUT2D eigenvalue weighted by Crippen LogP contribution is 2.28. The van der Waals surface area contributed by atoms with E-state index >= 15 is 0 Å². The molecule has 106 valence electrons. The Morgan fingerprint density at radius 2 is 1.80 bits per heavy atom. The van der Waals surface area contributed by atoms with Gasteiger partial charge >= 0.3 is 0 Å². The summed E-state index contributed by atoms with van der Waals surface area (Å²) in [5.74, 6) is 0.111. The molecule has 1 N–H and O–H groups in total. The first-order chi connectivity index (χ1) is 9.29. The van der Waals surface area contributed by atoms with Gasteiger partial charge in [0, 0.05) is 8.95 Å². The maximum atomic E-state index is 12.3. The first kappa shape index (κ1) is 16.3. The zero-order valence-corrected chi connectivity index (χ0v) is 16.6. The van der Waals surface area contributed by atoms with Crippen molar-refractivity contribution in [2.45, 2.75) is 4.90 Å². The number of anilines is 1. The lowest BCUT2D eigenvalue weighted by molar-refractivity contribution is 0.600. The smallest absolute Gasteiger partial charge is 0.261 e. The van der Waals surface area contributed by atoms with Crippen molar-refractivity contribution in [1.29, 1.82) is 0 Å². The Bertz CT molecular complexity index is 767. The van der Waals surface area contributed by atoms with Gasteiger partial charge in [0.15, 0.2) is 10.4 Å². The summed E-state index contributed by atoms with van der Waals surface area (Å²) >= 11 is 12.8. The lowest BCUT2D eigenvalue weighted by atomic mass is 10.4. The first-order valence-corrected chi connectivity index (χ1v) is 9.61. The first-order valence-electron chi connectivity index (χ1n) is 4.95. The third-order valence-corrected chi connectivity index (χ3v) is 5.88. The number of nitrogens with one attached hydrogen (secondary N) is 1. The lowest BCUT2D eigenvalue weighted by Crippen LogP contribution is -2.15. The number of aromatic nitrogens is 2. The second kappa shape index (κ2) is 6.39. The van der Waals surface area contributed by atoms with Crippen molar-refractivity contribution >= 4 is 79.6 Å². The highest BCUT2D eigenvalue weighted by molar-refractivity contribution is 9.11. The van der Waals surface area contributed by atoms with Crippen molar-refractivity contribution < 1.29 is 8.42 Å². The van der Waals surface area contributed by atoms with Crippen LogP contribution in [0.5, 0.6) is 0 Å². The third kappa shape index (κ3) is 3.79. The third-order valence-electron chi connectivity index (χ3n) is 2.11. The summed E-state index contributed by atoms with van der Waals surface area (Å²) in [4.78, 5) is 8.08. The normalized spacial score (nSPS) is 11.4. The molecule has 0 aliphatic rings. The molecule has 20 heavy (non-hydrogen) atoms. The second-order valence-electron chi connectivity index (χ2n) is 3.51. The molecule has 1 aromatic carbocycles. The van der Waals surface area contributed by atoms with Gasteiger partial charge in [0.1, 0.15) is 9.50 Å². The van der Waals surface area contributed by atoms with E-state index in [1.165, 1.54) is 12.3 Å². The summed E-state index contributed by atoms with van der Waals surface area (Å²) in [7, 11) is -3.78. The van der Waals surface area contributed by atoms with Crippen LogP contribution in [0.2, 0.25) is 0 Å². The van der Waals surface area contributed by atoms with Crippen LogP contribution in [0.25, 0.3) is 0 Å². The van der Waals surface area contributed by atoms with E-state index in [1.54, 1.807) is 12.1 Å². The predicted octanol–water partition coefficient (Wildman–Crippen LogP) is 4.33. The number of sulfonamides is 1. The minimum Gasteiger partial charge on any atom is -0.261 e. The van der Waals surface area contributed by atoms with Gasteiger partial charge in [0.25, 0.3) is 10.0 Å². The maximum absolute atomic E-state index is 12.3. The molecule has 0 saturated carbocycles. The van der Waals surface area contributed by atoms with Crippen LogP contribution in [0.3, 0.4) is 0 Å². The number of hydrogen-bond acceptors (Lipinski definition) is 4. The van der Waals surface area contributed by atoms with E-state index in [1.807, 2.05) is 0 Å². The quantitative estimate of drug-likeness (QED) is 0.618. The number of nitrogens with zero attached hydrogens (tertiary/aromatic N) is 2. The van der Waals surface area contributed by atoms with Gasteiger partial charge in [-0.2, -0.15) is 0 Å². The Balaban J connectivity index is 2.43. The molecular formula is C10H5Br4N3O2S. The molecule has 0 saturated heterocycles. The van der Waals surface area contributed by atoms with E-state index in [-0.39, 0.29) is 10.7 Å². The van der Waals surface area contributed by atoms with Gasteiger partial charge < -0.3 is 0 Å². The SMILES string of the molecule is O=S(=O)(Nc1ncc(Br)nc1Br)c1cc(Br)ccc1Br. The van der Waals surface area contributed by atoms with Crippen LogP contribution < -0.4 is 4.72 Å². The topological polar surface area (TPSA) is 72.0 Å². The molecule has 2 rings (SSSR count). The van der Waals surface area contributed by atoms with Gasteiger partial charge in [-0.3, -0.25) is 4.72 Å². The molecule has 10 heteroatoms. The highest BCUT2D eigenvalue weighted by atomic mass is 79.9. The average Bonchev–Trinajstić information content (AvgIpc) is 2.35. The summed E-state index contributed by atoms with van der Waals surface area (Å²) in [6.07, 6.45) is 1.40. The number of halogens is 4. The van der Waals surface area contributed by atoms with E-state index in [9.17, 15) is 8.42 Å². The molecule has 0 atom stereocenters. The molecule has 0 fully saturated rings. The van der Waals surface area contributed by atoms with Crippen LogP contribution in [-0.2, 0) is 10.0 Å². The summed E-state index contributed by atoms with van der Waals surface area (Å²) in [6, 6.07) is 4.87. The molecule has 0 unspecified atom stereocenters. The van der Waals surface area contributed by atoms with Gasteiger partial charge in [-0.05, 0) is 66.0 Å². The summed E-state index contributed by atoms with van der Waals surface area (Å²) < 4.78 is 29.0. The number of hydrogen-bond donors (Lipinski definition) is 1. The van der Waals surface area contributed by atoms with E-state index in [0.29, 0.717) is 18.2 Å². The number of benzene rings is 1. The Morgan fingerprint density at radius 1 is 1.10 bits per heavy atom. The van der Waals surface area contributed by atoms with E-state index in [0.717, 1.165) is 0 Å². The maximum Gasteiger partial charge on any atom is 0.264 e. The van der Waals surface area contributed by atoms with Crippen molar-refractivity contribution in [2.24, 2.45) is 0 Å². The van der Waals surface area contributed by atoms with Crippen molar-refractivity contribution in [3.63, 3.8) is 0 Å². The van der Waals surface area contributed by atoms with Crippen molar-refractivity contribution in [3.8, 4) is 0 Å². The summed E-state index contributed by atoms with van der Waals surface area (Å²) in [5.41, 5.74) is 0. The Kier molecular flexibility index (Phi) is 5.22. The minimum absolute atomic E-state index is 0.100. The van der Waals surface area contributed by atoms with Crippen LogP contribution in [0, 0.1) is 0 Å². The summed E-state index contributed by atoms with van der Waals surface area (Å²) in [5, 5.41) is 0. The Hall–Kier alpha value is -0.0300. The molecular weight excluding hydrogens is 546 g/mol. The van der Waals surface area contributed by atoms with E-state index < -0.39 is 10.0 Å². The molecule has 0 amide bonds. The van der Waals surface area contributed by atoms with E-state index in [2.05, 4.69) is 78.4 Å². The van der Waals surface area contributed by atoms with Crippen molar-refractivity contribution in [1.82, 2.24) is 9.97 Å². The fourth-order valence-corrected chi connectivity index (χ4v) is 4.84. The molecule has 1 aromatic heterocycles. The van der Waals surface area contributed by atoms with Crippen LogP contribution in [0.4, 0.5) is 5.82 Å². The van der Waals surface area contributed by atoms with Crippen LogP contribution in [0.15, 0.2) is 47.4 Å². The van der Waals surface area contributed by atoms with Gasteiger partial charge in [0.2, 0.25) is 0 Å². The molecule has 0 spiro atoms. The predicted molar refractivity (Wildman–Crippen MR) is 90.1 cm³/mol. The second-order valence-corrected chi connectivity index (χ2v) is 8.50. The van der Waals surface area contributed by atoms with E-state index in [4.69, 9.17) is 0 Å². The highest BCUT2D eigenvalue weighted by Gasteiger charge is 2.20. The molecule has 2 aromatic rings. The molecule has 1 heterocycles. The van der Waals surface area contributed by atoms with Crippen LogP contribution in [0.1, 0.15) is 0 Å². The van der Waals surface area contributed by atoms with Gasteiger partial charge in [0.05, 0.1) is 6.20 Å². The van der Waals surface area contributed by atoms with Gasteiger partial charge in [-0.25, -0.2) is 18.4 Å². The Labute approximate surface area is 149 Å². The van der Waals surface area contributed by atoms with Crippen molar-refractivity contribution in [2.75, 3.05) is 4.72 Å². The largest absolute Gasteiger partial charge is 0.264 e. The monoisotopic (exact) mass is 547 g/mol. The fourth-order valence-electron chi connectivity index (χ4n) is 1.28. The Morgan fingerprint density at radius 3 is 2.45 bits per heavy atom. The van der Waals surface area contributed by atoms with Gasteiger partial charge in [-0.15, -0.1) is 0 Å². The fraction of sp³-hybridized carbons (Fsp3) is 0. The zero-order chi connectivity index (χ0) is 14.9. The molecule has 0 aliphatic heterocycles. The molecule has 0 aliphatic carbocycles. The average molecular weight is 551 g/mol. The minimum atomic E-state index is -3.78. The number of rotatable bonds is 3. The summed E-state index contributed by atoms with van der Waals surface area (Å²) in [6.45, 7) is 0. The molecule has 5 nitrogen and oxygen atoms in total. The van der Waals surface area contributed by atoms with Gasteiger partial charge in [-0.1, -0.05) is 15.9 Å². The van der Waals surface area contributed by atoms with Crippen LogP contribution >= 0.6 is 63.7 Å².